The van der Waals surface area contributed by atoms with E-state index in [1.807, 2.05) is 36.4 Å². The Morgan fingerprint density at radius 3 is 2.47 bits per heavy atom. The van der Waals surface area contributed by atoms with E-state index in [-0.39, 0.29) is 0 Å². The molecule has 1 nitrogen and oxygen atoms in total. The van der Waals surface area contributed by atoms with Gasteiger partial charge in [-0.25, -0.2) is 4.98 Å². The van der Waals surface area contributed by atoms with Gasteiger partial charge in [0.05, 0.1) is 0 Å². The van der Waals surface area contributed by atoms with Crippen molar-refractivity contribution in [3.63, 3.8) is 0 Å². The molecule has 1 heterocycles. The van der Waals surface area contributed by atoms with Gasteiger partial charge in [0, 0.05) is 11.8 Å². The largest absolute Gasteiger partial charge is 0.249 e. The molecule has 0 aliphatic heterocycles. The normalized spacial score (nSPS) is 10.7. The van der Waals surface area contributed by atoms with Gasteiger partial charge in [0.25, 0.3) is 0 Å². The Morgan fingerprint density at radius 1 is 0.933 bits per heavy atom. The molecule has 0 saturated heterocycles. The highest BCUT2D eigenvalue weighted by molar-refractivity contribution is 9.10. The molecular weight excluding hydrogens is 250 g/mol. The van der Waals surface area contributed by atoms with Crippen LogP contribution in [0.5, 0.6) is 0 Å². The summed E-state index contributed by atoms with van der Waals surface area (Å²) in [6, 6.07) is 14.2. The summed E-state index contributed by atoms with van der Waals surface area (Å²) in [5.74, 6) is 0. The molecule has 0 radical (unpaired) electrons. The maximum atomic E-state index is 4.16. The van der Waals surface area contributed by atoms with Gasteiger partial charge in [0.1, 0.15) is 4.60 Å². The van der Waals surface area contributed by atoms with E-state index >= 15 is 0 Å². The Kier molecular flexibility index (Phi) is 3.30. The van der Waals surface area contributed by atoms with Crippen LogP contribution in [0.2, 0.25) is 0 Å². The summed E-state index contributed by atoms with van der Waals surface area (Å²) in [6.07, 6.45) is 5.89. The van der Waals surface area contributed by atoms with E-state index in [9.17, 15) is 0 Å². The summed E-state index contributed by atoms with van der Waals surface area (Å²) in [4.78, 5) is 4.16. The van der Waals surface area contributed by atoms with Crippen LogP contribution in [0.3, 0.4) is 0 Å². The molecule has 0 aliphatic carbocycles. The van der Waals surface area contributed by atoms with Crippen molar-refractivity contribution in [1.29, 1.82) is 0 Å². The Balaban J connectivity index is 2.23. The standard InChI is InChI=1S/C13H10BrN/c14-13-12(7-4-10-15-13)9-8-11-5-2-1-3-6-11/h1-10H/b9-8+. The summed E-state index contributed by atoms with van der Waals surface area (Å²) in [7, 11) is 0. The zero-order chi connectivity index (χ0) is 10.5. The molecule has 2 heteroatoms. The van der Waals surface area contributed by atoms with E-state index in [2.05, 4.69) is 39.1 Å². The number of hydrogen-bond acceptors (Lipinski definition) is 1. The number of rotatable bonds is 2. The van der Waals surface area contributed by atoms with E-state index < -0.39 is 0 Å². The zero-order valence-electron chi connectivity index (χ0n) is 8.10. The quantitative estimate of drug-likeness (QED) is 0.743. The summed E-state index contributed by atoms with van der Waals surface area (Å²) >= 11 is 3.41. The zero-order valence-corrected chi connectivity index (χ0v) is 9.68. The first-order valence-electron chi connectivity index (χ1n) is 4.70. The number of hydrogen-bond donors (Lipinski definition) is 0. The summed E-state index contributed by atoms with van der Waals surface area (Å²) in [5, 5.41) is 0. The lowest BCUT2D eigenvalue weighted by molar-refractivity contribution is 1.26. The first-order chi connectivity index (χ1) is 7.36. The third-order valence-electron chi connectivity index (χ3n) is 2.04. The van der Waals surface area contributed by atoms with Gasteiger partial charge in [-0.1, -0.05) is 48.6 Å². The second-order valence-electron chi connectivity index (χ2n) is 3.13. The fraction of sp³-hybridized carbons (Fsp3) is 0. The highest BCUT2D eigenvalue weighted by atomic mass is 79.9. The number of pyridine rings is 1. The Bertz CT molecular complexity index is 463. The van der Waals surface area contributed by atoms with Crippen molar-refractivity contribution in [2.45, 2.75) is 0 Å². The van der Waals surface area contributed by atoms with Gasteiger partial charge in [-0.2, -0.15) is 0 Å². The van der Waals surface area contributed by atoms with Crippen molar-refractivity contribution < 1.29 is 0 Å². The maximum Gasteiger partial charge on any atom is 0.113 e. The van der Waals surface area contributed by atoms with Crippen molar-refractivity contribution >= 4 is 28.1 Å². The van der Waals surface area contributed by atoms with Gasteiger partial charge < -0.3 is 0 Å². The summed E-state index contributed by atoms with van der Waals surface area (Å²) < 4.78 is 0.872. The number of halogens is 1. The summed E-state index contributed by atoms with van der Waals surface area (Å²) in [5.41, 5.74) is 2.27. The molecule has 0 N–H and O–H groups in total. The molecule has 0 amide bonds. The van der Waals surface area contributed by atoms with Gasteiger partial charge >= 0.3 is 0 Å². The highest BCUT2D eigenvalue weighted by Gasteiger charge is 1.93. The van der Waals surface area contributed by atoms with Gasteiger partial charge in [0.15, 0.2) is 0 Å². The molecule has 2 rings (SSSR count). The lowest BCUT2D eigenvalue weighted by Gasteiger charge is -1.96. The molecule has 1 aromatic heterocycles. The predicted molar refractivity (Wildman–Crippen MR) is 67.3 cm³/mol. The molecule has 0 aliphatic rings. The number of nitrogens with zero attached hydrogens (tertiary/aromatic N) is 1. The Labute approximate surface area is 97.6 Å². The molecule has 0 bridgehead atoms. The van der Waals surface area contributed by atoms with Crippen LogP contribution < -0.4 is 0 Å². The van der Waals surface area contributed by atoms with Gasteiger partial charge in [0.2, 0.25) is 0 Å². The van der Waals surface area contributed by atoms with Crippen LogP contribution in [0.25, 0.3) is 12.2 Å². The van der Waals surface area contributed by atoms with Gasteiger partial charge in [-0.05, 0) is 27.6 Å². The van der Waals surface area contributed by atoms with Crippen molar-refractivity contribution in [2.75, 3.05) is 0 Å². The third-order valence-corrected chi connectivity index (χ3v) is 2.71. The van der Waals surface area contributed by atoms with Crippen molar-refractivity contribution in [3.05, 3.63) is 64.4 Å². The minimum atomic E-state index is 0.872. The fourth-order valence-corrected chi connectivity index (χ4v) is 1.66. The van der Waals surface area contributed by atoms with E-state index in [1.54, 1.807) is 6.20 Å². The van der Waals surface area contributed by atoms with Crippen LogP contribution >= 0.6 is 15.9 Å². The molecule has 0 atom stereocenters. The summed E-state index contributed by atoms with van der Waals surface area (Å²) in [6.45, 7) is 0. The van der Waals surface area contributed by atoms with Crippen LogP contribution in [0.4, 0.5) is 0 Å². The molecule has 0 fully saturated rings. The SMILES string of the molecule is Brc1ncccc1/C=C/c1ccccc1. The van der Waals surface area contributed by atoms with Crippen LogP contribution in [-0.4, -0.2) is 4.98 Å². The fourth-order valence-electron chi connectivity index (χ4n) is 1.27. The van der Waals surface area contributed by atoms with Gasteiger partial charge in [-0.15, -0.1) is 0 Å². The first-order valence-corrected chi connectivity index (χ1v) is 5.49. The first kappa shape index (κ1) is 10.1. The average Bonchev–Trinajstić information content (AvgIpc) is 2.29. The maximum absolute atomic E-state index is 4.16. The topological polar surface area (TPSA) is 12.9 Å². The molecule has 2 aromatic rings. The minimum absolute atomic E-state index is 0.872. The minimum Gasteiger partial charge on any atom is -0.249 e. The van der Waals surface area contributed by atoms with Crippen molar-refractivity contribution in [2.24, 2.45) is 0 Å². The van der Waals surface area contributed by atoms with Gasteiger partial charge in [-0.3, -0.25) is 0 Å². The van der Waals surface area contributed by atoms with E-state index in [4.69, 9.17) is 0 Å². The lowest BCUT2D eigenvalue weighted by atomic mass is 10.2. The molecule has 0 spiro atoms. The van der Waals surface area contributed by atoms with Crippen LogP contribution in [-0.2, 0) is 0 Å². The van der Waals surface area contributed by atoms with E-state index in [1.165, 1.54) is 5.56 Å². The Morgan fingerprint density at radius 2 is 1.73 bits per heavy atom. The van der Waals surface area contributed by atoms with E-state index in [0.29, 0.717) is 0 Å². The highest BCUT2D eigenvalue weighted by Crippen LogP contribution is 2.15. The second-order valence-corrected chi connectivity index (χ2v) is 3.88. The van der Waals surface area contributed by atoms with Crippen molar-refractivity contribution in [3.8, 4) is 0 Å². The second kappa shape index (κ2) is 4.89. The molecule has 1 aromatic carbocycles. The third kappa shape index (κ3) is 2.77. The van der Waals surface area contributed by atoms with E-state index in [0.717, 1.165) is 10.2 Å². The smallest absolute Gasteiger partial charge is 0.113 e. The average molecular weight is 260 g/mol. The molecule has 0 saturated carbocycles. The molecule has 0 unspecified atom stereocenters. The molecule has 74 valence electrons. The Hall–Kier alpha value is -1.41. The van der Waals surface area contributed by atoms with Crippen LogP contribution in [0.15, 0.2) is 53.3 Å². The molecule has 15 heavy (non-hydrogen) atoms. The monoisotopic (exact) mass is 259 g/mol. The number of benzene rings is 1. The van der Waals surface area contributed by atoms with Crippen LogP contribution in [0.1, 0.15) is 11.1 Å². The lowest BCUT2D eigenvalue weighted by Crippen LogP contribution is -1.78. The predicted octanol–water partition coefficient (Wildman–Crippen LogP) is 4.01. The molecular formula is C13H10BrN. The number of aromatic nitrogens is 1. The van der Waals surface area contributed by atoms with Crippen molar-refractivity contribution in [1.82, 2.24) is 4.98 Å². The van der Waals surface area contributed by atoms with Crippen LogP contribution in [0, 0.1) is 0 Å².